The van der Waals surface area contributed by atoms with Crippen molar-refractivity contribution >= 4 is 21.6 Å². The number of hydrogen-bond acceptors (Lipinski definition) is 4. The number of carbonyl (C=O) groups is 1. The lowest BCUT2D eigenvalue weighted by Crippen LogP contribution is -2.33. The lowest BCUT2D eigenvalue weighted by atomic mass is 10.1. The summed E-state index contributed by atoms with van der Waals surface area (Å²) in [4.78, 5) is 12.7. The van der Waals surface area contributed by atoms with Gasteiger partial charge in [0.25, 0.3) is 15.9 Å². The molecule has 1 amide bonds. The van der Waals surface area contributed by atoms with Crippen molar-refractivity contribution in [2.75, 3.05) is 18.5 Å². The largest absolute Gasteiger partial charge is 0.497 e. The second kappa shape index (κ2) is 9.10. The maximum absolute atomic E-state index is 13.0. The van der Waals surface area contributed by atoms with Crippen LogP contribution in [0.25, 0.3) is 0 Å². The Hall–Kier alpha value is -2.54. The van der Waals surface area contributed by atoms with Gasteiger partial charge in [0.15, 0.2) is 0 Å². The molecule has 0 aliphatic carbocycles. The number of ether oxygens (including phenoxy) is 1. The van der Waals surface area contributed by atoms with Gasteiger partial charge in [0, 0.05) is 18.7 Å². The third kappa shape index (κ3) is 4.84. The van der Waals surface area contributed by atoms with E-state index in [9.17, 15) is 13.2 Å². The van der Waals surface area contributed by atoms with Crippen LogP contribution in [0.3, 0.4) is 0 Å². The van der Waals surface area contributed by atoms with Gasteiger partial charge in [0.05, 0.1) is 17.7 Å². The number of rotatable bonds is 8. The first-order valence-corrected chi connectivity index (χ1v) is 10.7. The Morgan fingerprint density at radius 3 is 2.39 bits per heavy atom. The standard InChI is InChI=1S/C21H28N2O4S/c1-6-7-16(3)22-21(24)17-9-8-15(2)20(14-17)23(4)28(25,26)19-12-10-18(27-5)11-13-19/h8-14,16H,6-7H2,1-5H3,(H,22,24). The molecule has 0 bridgehead atoms. The molecule has 0 aliphatic heterocycles. The molecule has 0 saturated carbocycles. The Balaban J connectivity index is 2.33. The van der Waals surface area contributed by atoms with Gasteiger partial charge in [-0.15, -0.1) is 0 Å². The van der Waals surface area contributed by atoms with Crippen LogP contribution in [0.1, 0.15) is 42.6 Å². The van der Waals surface area contributed by atoms with Crippen LogP contribution in [0.4, 0.5) is 5.69 Å². The molecule has 0 saturated heterocycles. The van der Waals surface area contributed by atoms with Gasteiger partial charge < -0.3 is 10.1 Å². The van der Waals surface area contributed by atoms with E-state index < -0.39 is 10.0 Å². The van der Waals surface area contributed by atoms with E-state index in [4.69, 9.17) is 4.74 Å². The SMILES string of the molecule is CCCC(C)NC(=O)c1ccc(C)c(N(C)S(=O)(=O)c2ccc(OC)cc2)c1. The molecule has 152 valence electrons. The third-order valence-electron chi connectivity index (χ3n) is 4.63. The number of nitrogens with one attached hydrogen (secondary N) is 1. The Morgan fingerprint density at radius 2 is 1.82 bits per heavy atom. The molecule has 2 rings (SSSR count). The average molecular weight is 405 g/mol. The molecule has 0 aliphatic rings. The van der Waals surface area contributed by atoms with Gasteiger partial charge in [-0.25, -0.2) is 8.42 Å². The summed E-state index contributed by atoms with van der Waals surface area (Å²) in [6, 6.07) is 11.4. The molecule has 2 aromatic rings. The average Bonchev–Trinajstić information content (AvgIpc) is 2.67. The van der Waals surface area contributed by atoms with E-state index in [0.29, 0.717) is 17.0 Å². The minimum Gasteiger partial charge on any atom is -0.497 e. The topological polar surface area (TPSA) is 75.7 Å². The number of nitrogens with zero attached hydrogens (tertiary/aromatic N) is 1. The molecule has 7 heteroatoms. The van der Waals surface area contributed by atoms with Crippen molar-refractivity contribution in [2.45, 2.75) is 44.6 Å². The van der Waals surface area contributed by atoms with Crippen molar-refractivity contribution in [3.8, 4) is 5.75 Å². The van der Waals surface area contributed by atoms with Gasteiger partial charge in [-0.2, -0.15) is 0 Å². The molecule has 1 atom stereocenters. The summed E-state index contributed by atoms with van der Waals surface area (Å²) in [5, 5.41) is 2.94. The van der Waals surface area contributed by atoms with Crippen LogP contribution >= 0.6 is 0 Å². The predicted molar refractivity (Wildman–Crippen MR) is 112 cm³/mol. The van der Waals surface area contributed by atoms with E-state index in [0.717, 1.165) is 18.4 Å². The van der Waals surface area contributed by atoms with Gasteiger partial charge in [-0.05, 0) is 62.2 Å². The number of sulfonamides is 1. The van der Waals surface area contributed by atoms with E-state index in [1.54, 1.807) is 30.3 Å². The van der Waals surface area contributed by atoms with Crippen molar-refractivity contribution in [1.29, 1.82) is 0 Å². The normalized spacial score (nSPS) is 12.3. The van der Waals surface area contributed by atoms with Crippen molar-refractivity contribution in [2.24, 2.45) is 0 Å². The minimum absolute atomic E-state index is 0.0583. The van der Waals surface area contributed by atoms with Crippen LogP contribution in [0.2, 0.25) is 0 Å². The van der Waals surface area contributed by atoms with Crippen LogP contribution in [0.15, 0.2) is 47.4 Å². The molecule has 1 unspecified atom stereocenters. The Kier molecular flexibility index (Phi) is 7.07. The van der Waals surface area contributed by atoms with E-state index in [-0.39, 0.29) is 16.8 Å². The highest BCUT2D eigenvalue weighted by Crippen LogP contribution is 2.27. The second-order valence-electron chi connectivity index (χ2n) is 6.81. The van der Waals surface area contributed by atoms with Gasteiger partial charge in [-0.3, -0.25) is 9.10 Å². The lowest BCUT2D eigenvalue weighted by Gasteiger charge is -2.22. The van der Waals surface area contributed by atoms with Crippen LogP contribution in [0.5, 0.6) is 5.75 Å². The number of carbonyl (C=O) groups excluding carboxylic acids is 1. The molecule has 28 heavy (non-hydrogen) atoms. The third-order valence-corrected chi connectivity index (χ3v) is 6.41. The number of aryl methyl sites for hydroxylation is 1. The van der Waals surface area contributed by atoms with Gasteiger partial charge in [0.1, 0.15) is 5.75 Å². The molecular formula is C21H28N2O4S. The number of benzene rings is 2. The predicted octanol–water partition coefficient (Wildman–Crippen LogP) is 3.75. The maximum atomic E-state index is 13.0. The number of hydrogen-bond donors (Lipinski definition) is 1. The van der Waals surface area contributed by atoms with Crippen molar-refractivity contribution < 1.29 is 17.9 Å². The summed E-state index contributed by atoms with van der Waals surface area (Å²) < 4.78 is 32.3. The van der Waals surface area contributed by atoms with E-state index >= 15 is 0 Å². The fourth-order valence-corrected chi connectivity index (χ4v) is 4.19. The minimum atomic E-state index is -3.77. The maximum Gasteiger partial charge on any atom is 0.264 e. The summed E-state index contributed by atoms with van der Waals surface area (Å²) in [5.74, 6) is 0.370. The summed E-state index contributed by atoms with van der Waals surface area (Å²) in [5.41, 5.74) is 1.66. The van der Waals surface area contributed by atoms with Crippen LogP contribution in [-0.4, -0.2) is 34.5 Å². The van der Waals surface area contributed by atoms with E-state index in [1.807, 2.05) is 13.8 Å². The summed E-state index contributed by atoms with van der Waals surface area (Å²) in [6.07, 6.45) is 1.86. The molecule has 0 spiro atoms. The fraction of sp³-hybridized carbons (Fsp3) is 0.381. The van der Waals surface area contributed by atoms with Crippen molar-refractivity contribution in [1.82, 2.24) is 5.32 Å². The highest BCUT2D eigenvalue weighted by Gasteiger charge is 2.23. The first kappa shape index (κ1) is 21.8. The summed E-state index contributed by atoms with van der Waals surface area (Å²) in [7, 11) is -0.753. The Labute approximate surface area is 167 Å². The number of amides is 1. The van der Waals surface area contributed by atoms with Crippen molar-refractivity contribution in [3.63, 3.8) is 0 Å². The molecule has 6 nitrogen and oxygen atoms in total. The van der Waals surface area contributed by atoms with E-state index in [2.05, 4.69) is 12.2 Å². The Bertz CT molecular complexity index is 924. The number of methoxy groups -OCH3 is 1. The zero-order valence-corrected chi connectivity index (χ0v) is 17.8. The van der Waals surface area contributed by atoms with Crippen LogP contribution < -0.4 is 14.4 Å². The molecular weight excluding hydrogens is 376 g/mol. The fourth-order valence-electron chi connectivity index (χ4n) is 2.94. The second-order valence-corrected chi connectivity index (χ2v) is 8.78. The van der Waals surface area contributed by atoms with Crippen LogP contribution in [0, 0.1) is 6.92 Å². The zero-order valence-electron chi connectivity index (χ0n) is 17.0. The first-order chi connectivity index (χ1) is 13.2. The summed E-state index contributed by atoms with van der Waals surface area (Å²) >= 11 is 0. The van der Waals surface area contributed by atoms with Gasteiger partial charge in [0.2, 0.25) is 0 Å². The number of anilines is 1. The molecule has 2 aromatic carbocycles. The zero-order chi connectivity index (χ0) is 20.9. The van der Waals surface area contributed by atoms with Gasteiger partial charge >= 0.3 is 0 Å². The molecule has 0 heterocycles. The van der Waals surface area contributed by atoms with Gasteiger partial charge in [-0.1, -0.05) is 19.4 Å². The first-order valence-electron chi connectivity index (χ1n) is 9.25. The highest BCUT2D eigenvalue weighted by molar-refractivity contribution is 7.92. The smallest absolute Gasteiger partial charge is 0.264 e. The summed E-state index contributed by atoms with van der Waals surface area (Å²) in [6.45, 7) is 5.83. The highest BCUT2D eigenvalue weighted by atomic mass is 32.2. The monoisotopic (exact) mass is 404 g/mol. The lowest BCUT2D eigenvalue weighted by molar-refractivity contribution is 0.0938. The quantitative estimate of drug-likeness (QED) is 0.727. The Morgan fingerprint density at radius 1 is 1.18 bits per heavy atom. The molecule has 0 radical (unpaired) electrons. The molecule has 1 N–H and O–H groups in total. The van der Waals surface area contributed by atoms with Crippen molar-refractivity contribution in [3.05, 3.63) is 53.6 Å². The molecule has 0 fully saturated rings. The van der Waals surface area contributed by atoms with E-state index in [1.165, 1.54) is 30.6 Å². The molecule has 0 aromatic heterocycles. The van der Waals surface area contributed by atoms with Crippen LogP contribution in [-0.2, 0) is 10.0 Å².